The van der Waals surface area contributed by atoms with Gasteiger partial charge in [-0.15, -0.1) is 11.3 Å². The van der Waals surface area contributed by atoms with Gasteiger partial charge in [0, 0.05) is 52.9 Å². The lowest BCUT2D eigenvalue weighted by molar-refractivity contribution is 0.0693. The molecule has 0 unspecified atom stereocenters. The first-order chi connectivity index (χ1) is 14.3. The smallest absolute Gasteiger partial charge is 0.270 e. The normalized spacial score (nSPS) is 15.6. The highest BCUT2D eigenvalue weighted by atomic mass is 32.2. The minimum atomic E-state index is -3.53. The summed E-state index contributed by atoms with van der Waals surface area (Å²) in [6.45, 7) is 7.54. The number of benzene rings is 1. The summed E-state index contributed by atoms with van der Waals surface area (Å²) in [5.41, 5.74) is 1.34. The summed E-state index contributed by atoms with van der Waals surface area (Å²) in [5.74, 6) is 0.632. The van der Waals surface area contributed by atoms with Crippen LogP contribution in [-0.2, 0) is 10.0 Å². The topological polar surface area (TPSA) is 82.7 Å². The van der Waals surface area contributed by atoms with Gasteiger partial charge in [-0.2, -0.15) is 4.31 Å². The maximum atomic E-state index is 13.0. The minimum absolute atomic E-state index is 0.122. The van der Waals surface area contributed by atoms with Gasteiger partial charge in [0.05, 0.1) is 11.5 Å². The van der Waals surface area contributed by atoms with Crippen LogP contribution in [-0.4, -0.2) is 61.3 Å². The Morgan fingerprint density at radius 2 is 1.87 bits per heavy atom. The molecule has 160 valence electrons. The Bertz CT molecular complexity index is 1190. The highest BCUT2D eigenvalue weighted by Crippen LogP contribution is 2.28. The number of sulfonamides is 1. The second kappa shape index (κ2) is 8.05. The number of fused-ring (bicyclic) bond motifs is 1. The number of nitrogens with one attached hydrogen (secondary N) is 1. The van der Waals surface area contributed by atoms with Gasteiger partial charge in [0.15, 0.2) is 0 Å². The number of hydrogen-bond acceptors (Lipinski definition) is 5. The predicted octanol–water partition coefficient (Wildman–Crippen LogP) is 3.39. The third kappa shape index (κ3) is 3.84. The zero-order valence-electron chi connectivity index (χ0n) is 17.3. The summed E-state index contributed by atoms with van der Waals surface area (Å²) < 4.78 is 33.0. The quantitative estimate of drug-likeness (QED) is 0.650. The van der Waals surface area contributed by atoms with Crippen LogP contribution in [0.25, 0.3) is 10.9 Å². The molecular weight excluding hydrogens is 422 g/mol. The number of rotatable bonds is 5. The number of amides is 1. The number of carbonyl (C=O) groups is 1. The molecule has 9 heteroatoms. The standard InChI is InChI=1S/C21H25N3O4S2/c1-4-28-17-6-5-16-12-19(22-18(16)13-17)21(25)23-7-9-24(10-8-23)30(26,27)20-11-14(2)29-15(20)3/h5-6,11-13,22H,4,7-10H2,1-3H3. The van der Waals surface area contributed by atoms with Crippen LogP contribution in [0, 0.1) is 13.8 Å². The van der Waals surface area contributed by atoms with Crippen molar-refractivity contribution in [3.63, 3.8) is 0 Å². The number of aromatic amines is 1. The van der Waals surface area contributed by atoms with Crippen LogP contribution in [0.1, 0.15) is 27.2 Å². The van der Waals surface area contributed by atoms with Gasteiger partial charge in [-0.25, -0.2) is 8.42 Å². The lowest BCUT2D eigenvalue weighted by Gasteiger charge is -2.33. The van der Waals surface area contributed by atoms with E-state index in [0.717, 1.165) is 26.4 Å². The lowest BCUT2D eigenvalue weighted by Crippen LogP contribution is -2.50. The molecule has 0 spiro atoms. The van der Waals surface area contributed by atoms with E-state index >= 15 is 0 Å². The van der Waals surface area contributed by atoms with Crippen molar-refractivity contribution in [2.45, 2.75) is 25.7 Å². The van der Waals surface area contributed by atoms with E-state index in [1.54, 1.807) is 11.0 Å². The molecule has 4 rings (SSSR count). The fraction of sp³-hybridized carbons (Fsp3) is 0.381. The second-order valence-corrected chi connectivity index (χ2v) is 10.7. The Balaban J connectivity index is 1.47. The zero-order chi connectivity index (χ0) is 21.5. The van der Waals surface area contributed by atoms with E-state index in [-0.39, 0.29) is 19.0 Å². The number of nitrogens with zero attached hydrogens (tertiary/aromatic N) is 2. The van der Waals surface area contributed by atoms with Crippen molar-refractivity contribution in [1.29, 1.82) is 0 Å². The van der Waals surface area contributed by atoms with Crippen LogP contribution < -0.4 is 4.74 Å². The molecule has 0 atom stereocenters. The first-order valence-electron chi connectivity index (χ1n) is 9.91. The van der Waals surface area contributed by atoms with Crippen molar-refractivity contribution >= 4 is 38.2 Å². The maximum absolute atomic E-state index is 13.0. The van der Waals surface area contributed by atoms with Gasteiger partial charge in [-0.05, 0) is 45.0 Å². The highest BCUT2D eigenvalue weighted by Gasteiger charge is 2.32. The summed E-state index contributed by atoms with van der Waals surface area (Å²) in [6, 6.07) is 9.24. The molecule has 3 heterocycles. The Kier molecular flexibility index (Phi) is 5.61. The first-order valence-corrected chi connectivity index (χ1v) is 12.2. The van der Waals surface area contributed by atoms with Crippen molar-refractivity contribution in [3.8, 4) is 5.75 Å². The molecule has 7 nitrogen and oxygen atoms in total. The van der Waals surface area contributed by atoms with Gasteiger partial charge in [0.2, 0.25) is 10.0 Å². The molecule has 1 aliphatic rings. The summed E-state index contributed by atoms with van der Waals surface area (Å²) >= 11 is 1.49. The van der Waals surface area contributed by atoms with Crippen LogP contribution in [0.3, 0.4) is 0 Å². The Labute approximate surface area is 180 Å². The van der Waals surface area contributed by atoms with E-state index in [1.807, 2.05) is 45.0 Å². The number of aromatic nitrogens is 1. The average Bonchev–Trinajstić information content (AvgIpc) is 3.30. The summed E-state index contributed by atoms with van der Waals surface area (Å²) in [7, 11) is -3.53. The fourth-order valence-electron chi connectivity index (χ4n) is 3.78. The number of H-pyrrole nitrogens is 1. The van der Waals surface area contributed by atoms with Gasteiger partial charge >= 0.3 is 0 Å². The van der Waals surface area contributed by atoms with E-state index < -0.39 is 10.0 Å². The summed E-state index contributed by atoms with van der Waals surface area (Å²) in [5, 5.41) is 0.936. The summed E-state index contributed by atoms with van der Waals surface area (Å²) in [4.78, 5) is 20.0. The molecule has 2 aromatic heterocycles. The number of piperazine rings is 1. The number of ether oxygens (including phenoxy) is 1. The second-order valence-electron chi connectivity index (χ2n) is 7.34. The van der Waals surface area contributed by atoms with Gasteiger partial charge in [0.25, 0.3) is 5.91 Å². The minimum Gasteiger partial charge on any atom is -0.494 e. The van der Waals surface area contributed by atoms with Crippen molar-refractivity contribution < 1.29 is 17.9 Å². The van der Waals surface area contributed by atoms with Gasteiger partial charge in [0.1, 0.15) is 11.4 Å². The molecule has 0 bridgehead atoms. The Hall–Kier alpha value is -2.36. The van der Waals surface area contributed by atoms with Crippen molar-refractivity contribution in [2.75, 3.05) is 32.8 Å². The van der Waals surface area contributed by atoms with Crippen molar-refractivity contribution in [1.82, 2.24) is 14.2 Å². The first kappa shape index (κ1) is 20.9. The van der Waals surface area contributed by atoms with E-state index in [0.29, 0.717) is 30.3 Å². The van der Waals surface area contributed by atoms with E-state index in [4.69, 9.17) is 4.74 Å². The monoisotopic (exact) mass is 447 g/mol. The van der Waals surface area contributed by atoms with Crippen LogP contribution in [0.5, 0.6) is 5.75 Å². The Morgan fingerprint density at radius 3 is 2.50 bits per heavy atom. The molecule has 1 amide bonds. The maximum Gasteiger partial charge on any atom is 0.270 e. The molecule has 1 aromatic carbocycles. The van der Waals surface area contributed by atoms with E-state index in [9.17, 15) is 13.2 Å². The molecule has 0 radical (unpaired) electrons. The Morgan fingerprint density at radius 1 is 1.13 bits per heavy atom. The highest BCUT2D eigenvalue weighted by molar-refractivity contribution is 7.89. The molecular formula is C21H25N3O4S2. The molecule has 30 heavy (non-hydrogen) atoms. The number of aryl methyl sites for hydroxylation is 2. The molecule has 1 saturated heterocycles. The molecule has 1 N–H and O–H groups in total. The van der Waals surface area contributed by atoms with Gasteiger partial charge in [-0.3, -0.25) is 4.79 Å². The van der Waals surface area contributed by atoms with Gasteiger partial charge in [-0.1, -0.05) is 0 Å². The molecule has 3 aromatic rings. The summed E-state index contributed by atoms with van der Waals surface area (Å²) in [6.07, 6.45) is 0. The number of hydrogen-bond donors (Lipinski definition) is 1. The van der Waals surface area contributed by atoms with E-state index in [2.05, 4.69) is 4.98 Å². The lowest BCUT2D eigenvalue weighted by atomic mass is 10.2. The number of thiophene rings is 1. The third-order valence-electron chi connectivity index (χ3n) is 5.27. The van der Waals surface area contributed by atoms with Crippen molar-refractivity contribution in [3.05, 3.63) is 45.8 Å². The average molecular weight is 448 g/mol. The predicted molar refractivity (Wildman–Crippen MR) is 118 cm³/mol. The fourth-order valence-corrected chi connectivity index (χ4v) is 6.73. The largest absolute Gasteiger partial charge is 0.494 e. The third-order valence-corrected chi connectivity index (χ3v) is 8.39. The molecule has 0 saturated carbocycles. The zero-order valence-corrected chi connectivity index (χ0v) is 18.9. The van der Waals surface area contributed by atoms with Crippen LogP contribution in [0.2, 0.25) is 0 Å². The SMILES string of the molecule is CCOc1ccc2cc(C(=O)N3CCN(S(=O)(=O)c4cc(C)sc4C)CC3)[nH]c2c1. The molecule has 1 fully saturated rings. The van der Waals surface area contributed by atoms with Crippen molar-refractivity contribution in [2.24, 2.45) is 0 Å². The molecule has 0 aliphatic carbocycles. The van der Waals surface area contributed by atoms with Crippen LogP contribution in [0.15, 0.2) is 35.2 Å². The number of carbonyl (C=O) groups excluding carboxylic acids is 1. The molecule has 1 aliphatic heterocycles. The van der Waals surface area contributed by atoms with Crippen LogP contribution >= 0.6 is 11.3 Å². The van der Waals surface area contributed by atoms with Gasteiger partial charge < -0.3 is 14.6 Å². The van der Waals surface area contributed by atoms with Crippen LogP contribution in [0.4, 0.5) is 0 Å². The van der Waals surface area contributed by atoms with E-state index in [1.165, 1.54) is 15.6 Å².